The number of para-hydroxylation sites is 1. The second-order valence-corrected chi connectivity index (χ2v) is 11.4. The number of hydrogen-bond donors (Lipinski definition) is 2. The van der Waals surface area contributed by atoms with Gasteiger partial charge in [-0.05, 0) is 51.5 Å². The first-order valence-corrected chi connectivity index (χ1v) is 13.2. The molecule has 2 aromatic rings. The molecule has 10 heteroatoms. The number of oxime groups is 1. The third kappa shape index (κ3) is 4.50. The van der Waals surface area contributed by atoms with Crippen LogP contribution in [0.4, 0.5) is 16.2 Å². The topological polar surface area (TPSA) is 95.5 Å². The van der Waals surface area contributed by atoms with Gasteiger partial charge in [0.25, 0.3) is 5.91 Å². The number of anilines is 2. The second kappa shape index (κ2) is 9.32. The van der Waals surface area contributed by atoms with Gasteiger partial charge in [-0.2, -0.15) is 0 Å². The van der Waals surface area contributed by atoms with Gasteiger partial charge in [-0.3, -0.25) is 9.69 Å². The molecule has 0 spiro atoms. The standard InChI is InChI=1S/C28H30ClN5O4/c1-28(2,3)38-27(36)34-15-17-13-18(34)14-33(17)10-11-37-32-24-19-6-4-5-7-21(19)30-25(24)23-20-12-16(29)8-9-22(20)31-26(23)35/h4-9,12,17-18,30H,10-11,13-15H2,1-3H3,(H,31,35)/b25-23-,32-24+/t17-,18-/m0/s1. The van der Waals surface area contributed by atoms with E-state index in [0.29, 0.717) is 53.4 Å². The molecule has 2 bridgehead atoms. The van der Waals surface area contributed by atoms with Crippen molar-refractivity contribution < 1.29 is 19.2 Å². The average molecular weight is 536 g/mol. The minimum atomic E-state index is -0.499. The molecule has 0 saturated carbocycles. The number of likely N-dealkylation sites (tertiary alicyclic amines) is 2. The predicted octanol–water partition coefficient (Wildman–Crippen LogP) is 4.54. The Morgan fingerprint density at radius 1 is 1.08 bits per heavy atom. The predicted molar refractivity (Wildman–Crippen MR) is 146 cm³/mol. The number of carbonyl (C=O) groups is 2. The maximum atomic E-state index is 13.0. The highest BCUT2D eigenvalue weighted by Gasteiger charge is 2.46. The van der Waals surface area contributed by atoms with E-state index in [1.54, 1.807) is 18.2 Å². The summed E-state index contributed by atoms with van der Waals surface area (Å²) >= 11 is 6.24. The third-order valence-corrected chi connectivity index (χ3v) is 7.50. The Hall–Kier alpha value is -3.56. The number of ether oxygens (including phenoxy) is 1. The fourth-order valence-electron chi connectivity index (χ4n) is 5.63. The molecule has 2 aromatic carbocycles. The fourth-order valence-corrected chi connectivity index (χ4v) is 5.80. The molecule has 2 atom stereocenters. The Kier molecular flexibility index (Phi) is 6.07. The maximum Gasteiger partial charge on any atom is 0.410 e. The van der Waals surface area contributed by atoms with Crippen LogP contribution in [0.5, 0.6) is 0 Å². The number of piperazine rings is 1. The SMILES string of the molecule is CC(C)(C)OC(=O)N1C[C@@H]2C[C@H]1CN2CCO/N=C1/C(=C2/C(=O)Nc3ccc(Cl)cc32)Nc2ccccc21. The highest BCUT2D eigenvalue weighted by Crippen LogP contribution is 2.40. The summed E-state index contributed by atoms with van der Waals surface area (Å²) < 4.78 is 5.56. The molecule has 4 aliphatic heterocycles. The molecule has 2 amide bonds. The van der Waals surface area contributed by atoms with Gasteiger partial charge in [0.05, 0.1) is 11.3 Å². The number of benzene rings is 2. The summed E-state index contributed by atoms with van der Waals surface area (Å²) in [6, 6.07) is 13.5. The Bertz CT molecular complexity index is 1380. The van der Waals surface area contributed by atoms with E-state index in [9.17, 15) is 9.59 Å². The zero-order valence-corrected chi connectivity index (χ0v) is 22.3. The van der Waals surface area contributed by atoms with Crippen LogP contribution in [0.2, 0.25) is 5.02 Å². The molecule has 0 aromatic heterocycles. The number of nitrogens with zero attached hydrogens (tertiary/aromatic N) is 3. The van der Waals surface area contributed by atoms with Gasteiger partial charge in [0, 0.05) is 59.2 Å². The molecule has 2 saturated heterocycles. The van der Waals surface area contributed by atoms with Crippen LogP contribution < -0.4 is 10.6 Å². The highest BCUT2D eigenvalue weighted by molar-refractivity contribution is 6.40. The van der Waals surface area contributed by atoms with E-state index in [0.717, 1.165) is 29.8 Å². The lowest BCUT2D eigenvalue weighted by atomic mass is 10.0. The molecule has 0 aliphatic carbocycles. The van der Waals surface area contributed by atoms with Crippen LogP contribution in [0.1, 0.15) is 38.3 Å². The lowest BCUT2D eigenvalue weighted by Crippen LogP contribution is -2.50. The molecule has 6 rings (SSSR count). The molecule has 2 fully saturated rings. The van der Waals surface area contributed by atoms with Crippen molar-refractivity contribution in [1.29, 1.82) is 0 Å². The van der Waals surface area contributed by atoms with Crippen molar-refractivity contribution in [3.8, 4) is 0 Å². The number of hydrogen-bond acceptors (Lipinski definition) is 7. The van der Waals surface area contributed by atoms with E-state index >= 15 is 0 Å². The molecule has 0 unspecified atom stereocenters. The van der Waals surface area contributed by atoms with Crippen molar-refractivity contribution in [2.24, 2.45) is 5.16 Å². The van der Waals surface area contributed by atoms with E-state index in [4.69, 9.17) is 21.2 Å². The largest absolute Gasteiger partial charge is 0.444 e. The third-order valence-electron chi connectivity index (χ3n) is 7.26. The van der Waals surface area contributed by atoms with Gasteiger partial charge in [-0.15, -0.1) is 0 Å². The highest BCUT2D eigenvalue weighted by atomic mass is 35.5. The van der Waals surface area contributed by atoms with Crippen LogP contribution >= 0.6 is 11.6 Å². The number of fused-ring (bicyclic) bond motifs is 4. The molecule has 0 radical (unpaired) electrons. The van der Waals surface area contributed by atoms with Crippen molar-refractivity contribution in [2.75, 3.05) is 36.9 Å². The Morgan fingerprint density at radius 2 is 1.87 bits per heavy atom. The van der Waals surface area contributed by atoms with E-state index in [1.165, 1.54) is 0 Å². The van der Waals surface area contributed by atoms with Gasteiger partial charge in [0.2, 0.25) is 0 Å². The summed E-state index contributed by atoms with van der Waals surface area (Å²) in [6.45, 7) is 8.20. The van der Waals surface area contributed by atoms with Gasteiger partial charge in [-0.25, -0.2) is 4.79 Å². The molecule has 198 valence electrons. The lowest BCUT2D eigenvalue weighted by Gasteiger charge is -2.34. The van der Waals surface area contributed by atoms with Crippen LogP contribution in [0.3, 0.4) is 0 Å². The smallest absolute Gasteiger partial charge is 0.410 e. The van der Waals surface area contributed by atoms with Gasteiger partial charge in [-0.1, -0.05) is 35.0 Å². The van der Waals surface area contributed by atoms with E-state index in [-0.39, 0.29) is 18.0 Å². The van der Waals surface area contributed by atoms with E-state index in [1.807, 2.05) is 49.9 Å². The molecule has 4 aliphatic rings. The summed E-state index contributed by atoms with van der Waals surface area (Å²) in [4.78, 5) is 35.5. The second-order valence-electron chi connectivity index (χ2n) is 11.0. The summed E-state index contributed by atoms with van der Waals surface area (Å²) in [5.74, 6) is -0.215. The average Bonchev–Trinajstić information content (AvgIpc) is 3.61. The summed E-state index contributed by atoms with van der Waals surface area (Å²) in [5, 5.41) is 11.3. The van der Waals surface area contributed by atoms with Crippen molar-refractivity contribution in [3.63, 3.8) is 0 Å². The van der Waals surface area contributed by atoms with Crippen molar-refractivity contribution >= 4 is 46.3 Å². The Morgan fingerprint density at radius 3 is 2.63 bits per heavy atom. The monoisotopic (exact) mass is 535 g/mol. The molecule has 2 N–H and O–H groups in total. The number of allylic oxidation sites excluding steroid dienone is 1. The minimum absolute atomic E-state index is 0.163. The van der Waals surface area contributed by atoms with Crippen molar-refractivity contribution in [3.05, 3.63) is 64.3 Å². The summed E-state index contributed by atoms with van der Waals surface area (Å²) in [5.41, 5.74) is 4.33. The molecule has 38 heavy (non-hydrogen) atoms. The van der Waals surface area contributed by atoms with E-state index < -0.39 is 5.60 Å². The summed E-state index contributed by atoms with van der Waals surface area (Å²) in [7, 11) is 0. The summed E-state index contributed by atoms with van der Waals surface area (Å²) in [6.07, 6.45) is 0.706. The van der Waals surface area contributed by atoms with Gasteiger partial charge in [0.15, 0.2) is 0 Å². The molecular weight excluding hydrogens is 506 g/mol. The minimum Gasteiger partial charge on any atom is -0.444 e. The number of rotatable bonds is 4. The van der Waals surface area contributed by atoms with Gasteiger partial charge < -0.3 is 25.1 Å². The van der Waals surface area contributed by atoms with Crippen molar-refractivity contribution in [1.82, 2.24) is 9.80 Å². The first-order valence-electron chi connectivity index (χ1n) is 12.8. The van der Waals surface area contributed by atoms with Crippen LogP contribution in [0, 0.1) is 0 Å². The quantitative estimate of drug-likeness (QED) is 0.339. The van der Waals surface area contributed by atoms with Crippen LogP contribution in [0.25, 0.3) is 5.57 Å². The van der Waals surface area contributed by atoms with Gasteiger partial charge in [0.1, 0.15) is 17.9 Å². The maximum absolute atomic E-state index is 13.0. The number of carbonyl (C=O) groups excluding carboxylic acids is 2. The Labute approximate surface area is 226 Å². The first kappa shape index (κ1) is 24.8. The molecular formula is C28H30ClN5O4. The fraction of sp³-hybridized carbons (Fsp3) is 0.393. The van der Waals surface area contributed by atoms with Crippen LogP contribution in [-0.4, -0.2) is 71.4 Å². The van der Waals surface area contributed by atoms with Gasteiger partial charge >= 0.3 is 6.09 Å². The number of halogens is 1. The van der Waals surface area contributed by atoms with Crippen LogP contribution in [0.15, 0.2) is 53.3 Å². The number of amides is 2. The lowest BCUT2D eigenvalue weighted by molar-refractivity contribution is -0.110. The Balaban J connectivity index is 1.16. The van der Waals surface area contributed by atoms with Crippen LogP contribution in [-0.2, 0) is 14.4 Å². The van der Waals surface area contributed by atoms with Crippen molar-refractivity contribution in [2.45, 2.75) is 44.9 Å². The zero-order chi connectivity index (χ0) is 26.6. The molecule has 4 heterocycles. The van der Waals surface area contributed by atoms with E-state index in [2.05, 4.69) is 20.7 Å². The normalized spacial score (nSPS) is 24.9. The molecule has 9 nitrogen and oxygen atoms in total. The first-order chi connectivity index (χ1) is 18.2. The zero-order valence-electron chi connectivity index (χ0n) is 21.6. The number of nitrogens with one attached hydrogen (secondary N) is 2.